The minimum Gasteiger partial charge on any atom is -0.365 e. The van der Waals surface area contributed by atoms with E-state index >= 15 is 0 Å². The van der Waals surface area contributed by atoms with E-state index in [0.717, 1.165) is 23.5 Å². The molecule has 3 aliphatic rings. The highest BCUT2D eigenvalue weighted by Gasteiger charge is 2.65. The molecule has 1 spiro atoms. The third-order valence-electron chi connectivity index (χ3n) is 7.05. The van der Waals surface area contributed by atoms with Crippen LogP contribution in [0.4, 0.5) is 21.9 Å². The van der Waals surface area contributed by atoms with Gasteiger partial charge in [0.15, 0.2) is 5.41 Å². The smallest absolute Gasteiger partial charge is 0.342 e. The van der Waals surface area contributed by atoms with Crippen molar-refractivity contribution in [2.45, 2.75) is 12.5 Å². The molecule has 6 nitrogen and oxygen atoms in total. The predicted octanol–water partition coefficient (Wildman–Crippen LogP) is 4.35. The summed E-state index contributed by atoms with van der Waals surface area (Å²) in [6.45, 7) is 0.749. The third-order valence-corrected chi connectivity index (χ3v) is 8.07. The Kier molecular flexibility index (Phi) is 4.95. The van der Waals surface area contributed by atoms with Crippen LogP contribution in [0.5, 0.6) is 0 Å². The molecule has 170 valence electrons. The van der Waals surface area contributed by atoms with E-state index in [9.17, 15) is 14.4 Å². The normalized spacial score (nSPS) is 21.5. The lowest BCUT2D eigenvalue weighted by Gasteiger charge is -2.55. The van der Waals surface area contributed by atoms with E-state index in [2.05, 4.69) is 11.0 Å². The van der Waals surface area contributed by atoms with Crippen molar-refractivity contribution >= 4 is 46.7 Å². The number of benzene rings is 3. The highest BCUT2D eigenvalue weighted by molar-refractivity contribution is 7.99. The Morgan fingerprint density at radius 2 is 1.29 bits per heavy atom. The molecule has 1 atom stereocenters. The van der Waals surface area contributed by atoms with Gasteiger partial charge >= 0.3 is 6.03 Å². The molecule has 3 aromatic carbocycles. The minimum absolute atomic E-state index is 0.266. The molecular formula is C27H23N3O3S. The molecule has 34 heavy (non-hydrogen) atoms. The second-order valence-electron chi connectivity index (χ2n) is 8.80. The van der Waals surface area contributed by atoms with Crippen LogP contribution in [0.3, 0.4) is 0 Å². The first-order chi connectivity index (χ1) is 16.6. The van der Waals surface area contributed by atoms with Crippen molar-refractivity contribution in [1.29, 1.82) is 0 Å². The average molecular weight is 470 g/mol. The molecule has 0 aliphatic carbocycles. The standard InChI is InChI=1S/C27H23N3O3S/c31-24-27(17-19-9-7-8-14-22(19)28-15-16-34-18-23(27)28)25(32)30(21-12-5-2-6-13-21)26(33)29(24)20-10-3-1-4-11-20/h1-14,23H,15-18H2/t23-/m0/s1. The first-order valence-corrected chi connectivity index (χ1v) is 12.5. The number of imide groups is 2. The number of anilines is 3. The predicted molar refractivity (Wildman–Crippen MR) is 134 cm³/mol. The van der Waals surface area contributed by atoms with E-state index in [1.807, 2.05) is 30.3 Å². The summed E-state index contributed by atoms with van der Waals surface area (Å²) in [5, 5.41) is 0. The van der Waals surface area contributed by atoms with Gasteiger partial charge in [0.25, 0.3) is 11.8 Å². The van der Waals surface area contributed by atoms with Crippen LogP contribution in [0.2, 0.25) is 0 Å². The molecule has 3 aliphatic heterocycles. The van der Waals surface area contributed by atoms with E-state index in [4.69, 9.17) is 0 Å². The summed E-state index contributed by atoms with van der Waals surface area (Å²) in [5.74, 6) is 0.693. The topological polar surface area (TPSA) is 60.9 Å². The number of urea groups is 1. The quantitative estimate of drug-likeness (QED) is 0.522. The highest BCUT2D eigenvalue weighted by Crippen LogP contribution is 2.49. The number of para-hydroxylation sites is 3. The Labute approximate surface area is 202 Å². The first kappa shape index (κ1) is 21.0. The van der Waals surface area contributed by atoms with Crippen molar-refractivity contribution in [3.63, 3.8) is 0 Å². The van der Waals surface area contributed by atoms with Crippen molar-refractivity contribution in [3.05, 3.63) is 90.5 Å². The van der Waals surface area contributed by atoms with Gasteiger partial charge in [-0.05, 0) is 42.3 Å². The number of fused-ring (bicyclic) bond motifs is 4. The lowest BCUT2D eigenvalue weighted by atomic mass is 9.68. The molecule has 0 saturated carbocycles. The van der Waals surface area contributed by atoms with Crippen molar-refractivity contribution in [3.8, 4) is 0 Å². The van der Waals surface area contributed by atoms with Gasteiger partial charge in [0.05, 0.1) is 17.4 Å². The van der Waals surface area contributed by atoms with Crippen LogP contribution in [0, 0.1) is 5.41 Å². The van der Waals surface area contributed by atoms with Gasteiger partial charge in [-0.15, -0.1) is 0 Å². The van der Waals surface area contributed by atoms with Crippen LogP contribution in [-0.2, 0) is 16.0 Å². The molecule has 6 rings (SSSR count). The Morgan fingerprint density at radius 3 is 1.91 bits per heavy atom. The molecule has 0 unspecified atom stereocenters. The second kappa shape index (κ2) is 8.02. The van der Waals surface area contributed by atoms with Gasteiger partial charge in [0.2, 0.25) is 0 Å². The number of amides is 4. The first-order valence-electron chi connectivity index (χ1n) is 11.4. The van der Waals surface area contributed by atoms with Gasteiger partial charge in [-0.3, -0.25) is 9.59 Å². The lowest BCUT2D eigenvalue weighted by Crippen LogP contribution is -2.74. The molecule has 2 fully saturated rings. The SMILES string of the molecule is O=C1N(c2ccccc2)C(=O)C2(Cc3ccccc3N3CCSC[C@H]32)C(=O)N1c1ccccc1. The molecule has 4 amide bonds. The minimum atomic E-state index is -1.40. The number of barbiturate groups is 1. The number of hydrogen-bond acceptors (Lipinski definition) is 5. The van der Waals surface area contributed by atoms with Crippen LogP contribution in [0.1, 0.15) is 5.56 Å². The highest BCUT2D eigenvalue weighted by atomic mass is 32.2. The summed E-state index contributed by atoms with van der Waals surface area (Å²) < 4.78 is 0. The maximum Gasteiger partial charge on any atom is 0.342 e. The molecular weight excluding hydrogens is 446 g/mol. The zero-order valence-corrected chi connectivity index (χ0v) is 19.3. The van der Waals surface area contributed by atoms with Gasteiger partial charge in [-0.2, -0.15) is 11.8 Å². The number of hydrogen-bond donors (Lipinski definition) is 0. The van der Waals surface area contributed by atoms with Gasteiger partial charge in [-0.25, -0.2) is 14.6 Å². The Balaban J connectivity index is 1.59. The number of carbonyl (C=O) groups excluding carboxylic acids is 3. The molecule has 3 heterocycles. The van der Waals surface area contributed by atoms with E-state index < -0.39 is 23.3 Å². The number of nitrogens with zero attached hydrogens (tertiary/aromatic N) is 3. The van der Waals surface area contributed by atoms with E-state index in [0.29, 0.717) is 17.1 Å². The van der Waals surface area contributed by atoms with Gasteiger partial charge in [0, 0.05) is 23.7 Å². The number of rotatable bonds is 2. The maximum absolute atomic E-state index is 14.4. The molecule has 0 bridgehead atoms. The van der Waals surface area contributed by atoms with Crippen molar-refractivity contribution in [1.82, 2.24) is 0 Å². The van der Waals surface area contributed by atoms with E-state index in [1.165, 1.54) is 9.80 Å². The monoisotopic (exact) mass is 469 g/mol. The van der Waals surface area contributed by atoms with Crippen LogP contribution in [0.25, 0.3) is 0 Å². The third kappa shape index (κ3) is 2.93. The maximum atomic E-state index is 14.4. The fourth-order valence-electron chi connectivity index (χ4n) is 5.47. The summed E-state index contributed by atoms with van der Waals surface area (Å²) in [6.07, 6.45) is 0.266. The number of carbonyl (C=O) groups is 3. The zero-order chi connectivity index (χ0) is 23.3. The number of thioether (sulfide) groups is 1. The zero-order valence-electron chi connectivity index (χ0n) is 18.5. The Morgan fingerprint density at radius 1 is 0.735 bits per heavy atom. The van der Waals surface area contributed by atoms with Crippen molar-refractivity contribution < 1.29 is 14.4 Å². The fourth-order valence-corrected chi connectivity index (χ4v) is 6.65. The summed E-state index contributed by atoms with van der Waals surface area (Å²) in [6, 6.07) is 24.9. The van der Waals surface area contributed by atoms with Crippen LogP contribution in [0.15, 0.2) is 84.9 Å². The second-order valence-corrected chi connectivity index (χ2v) is 9.95. The molecule has 0 radical (unpaired) electrons. The molecule has 0 N–H and O–H groups in total. The van der Waals surface area contributed by atoms with E-state index in [-0.39, 0.29) is 12.5 Å². The Hall–Kier alpha value is -3.58. The summed E-state index contributed by atoms with van der Waals surface area (Å²) in [7, 11) is 0. The lowest BCUT2D eigenvalue weighted by molar-refractivity contribution is -0.142. The average Bonchev–Trinajstić information content (AvgIpc) is 2.89. The van der Waals surface area contributed by atoms with Gasteiger partial charge in [0.1, 0.15) is 0 Å². The summed E-state index contributed by atoms with van der Waals surface area (Å²) >= 11 is 1.75. The molecule has 3 aromatic rings. The fraction of sp³-hybridized carbons (Fsp3) is 0.222. The molecule has 7 heteroatoms. The van der Waals surface area contributed by atoms with E-state index in [1.54, 1.807) is 60.3 Å². The Bertz CT molecular complexity index is 1220. The van der Waals surface area contributed by atoms with Gasteiger partial charge < -0.3 is 4.90 Å². The van der Waals surface area contributed by atoms with Crippen LogP contribution >= 0.6 is 11.8 Å². The van der Waals surface area contributed by atoms with Crippen LogP contribution in [-0.4, -0.2) is 41.9 Å². The van der Waals surface area contributed by atoms with Crippen molar-refractivity contribution in [2.24, 2.45) is 5.41 Å². The summed E-state index contributed by atoms with van der Waals surface area (Å²) in [5.41, 5.74) is 1.58. The largest absolute Gasteiger partial charge is 0.365 e. The van der Waals surface area contributed by atoms with Crippen LogP contribution < -0.4 is 14.7 Å². The van der Waals surface area contributed by atoms with Gasteiger partial charge in [-0.1, -0.05) is 54.6 Å². The summed E-state index contributed by atoms with van der Waals surface area (Å²) in [4.78, 5) is 47.2. The molecule has 2 saturated heterocycles. The van der Waals surface area contributed by atoms with Crippen molar-refractivity contribution in [2.75, 3.05) is 32.8 Å². The molecule has 0 aromatic heterocycles.